The number of rotatable bonds is 3. The fourth-order valence-electron chi connectivity index (χ4n) is 4.71. The Kier molecular flexibility index (Phi) is 5.15. The molecule has 3 heterocycles. The minimum absolute atomic E-state index is 0.105. The van der Waals surface area contributed by atoms with Gasteiger partial charge in [0.15, 0.2) is 0 Å². The van der Waals surface area contributed by atoms with Crippen LogP contribution < -0.4 is 5.32 Å². The van der Waals surface area contributed by atoms with E-state index in [4.69, 9.17) is 0 Å². The first-order chi connectivity index (χ1) is 12.2. The summed E-state index contributed by atoms with van der Waals surface area (Å²) in [5.74, 6) is 0.316. The number of nitrogens with one attached hydrogen (secondary N) is 1. The molecule has 0 unspecified atom stereocenters. The second-order valence-corrected chi connectivity index (χ2v) is 8.25. The largest absolute Gasteiger partial charge is 0.340 e. The predicted octanol–water partition coefficient (Wildman–Crippen LogP) is 1.80. The Bertz CT molecular complexity index is 492. The normalized spacial score (nSPS) is 27.6. The Hall–Kier alpha value is -1.30. The molecule has 0 spiro atoms. The van der Waals surface area contributed by atoms with Crippen LogP contribution in [0.25, 0.3) is 0 Å². The topological polar surface area (TPSA) is 55.9 Å². The van der Waals surface area contributed by atoms with Gasteiger partial charge in [0.05, 0.1) is 0 Å². The average Bonchev–Trinajstić information content (AvgIpc) is 3.48. The molecular weight excluding hydrogens is 316 g/mol. The molecule has 0 aromatic rings. The van der Waals surface area contributed by atoms with Gasteiger partial charge in [-0.15, -0.1) is 0 Å². The first kappa shape index (κ1) is 17.1. The van der Waals surface area contributed by atoms with Gasteiger partial charge in [0.2, 0.25) is 5.91 Å². The van der Waals surface area contributed by atoms with Crippen molar-refractivity contribution < 1.29 is 9.59 Å². The number of amides is 3. The van der Waals surface area contributed by atoms with E-state index in [9.17, 15) is 9.59 Å². The average molecular weight is 348 g/mol. The maximum atomic E-state index is 12.6. The van der Waals surface area contributed by atoms with Crippen molar-refractivity contribution in [3.8, 4) is 0 Å². The molecule has 0 atom stereocenters. The molecule has 0 aromatic carbocycles. The standard InChI is InChI=1S/C19H32N4O2/c24-18-3-1-2-10-23(18)17-8-13-22(14-9-17)19(25)20-15-6-11-21(12-7-15)16-4-5-16/h15-17H,1-14H2,(H,20,25). The van der Waals surface area contributed by atoms with Crippen molar-refractivity contribution in [2.45, 2.75) is 75.9 Å². The van der Waals surface area contributed by atoms with Gasteiger partial charge in [-0.05, 0) is 51.4 Å². The summed E-state index contributed by atoms with van der Waals surface area (Å²) in [4.78, 5) is 31.3. The zero-order valence-corrected chi connectivity index (χ0v) is 15.3. The minimum atomic E-state index is 0.105. The van der Waals surface area contributed by atoms with E-state index in [1.807, 2.05) is 4.90 Å². The lowest BCUT2D eigenvalue weighted by molar-refractivity contribution is -0.136. The molecule has 0 bridgehead atoms. The first-order valence-corrected chi connectivity index (χ1v) is 10.3. The van der Waals surface area contributed by atoms with Gasteiger partial charge in [0.25, 0.3) is 0 Å². The van der Waals surface area contributed by atoms with Gasteiger partial charge >= 0.3 is 6.03 Å². The van der Waals surface area contributed by atoms with Crippen LogP contribution in [-0.4, -0.2) is 77.5 Å². The first-order valence-electron chi connectivity index (χ1n) is 10.3. The summed E-state index contributed by atoms with van der Waals surface area (Å²) in [7, 11) is 0. The van der Waals surface area contributed by atoms with Crippen molar-refractivity contribution >= 4 is 11.9 Å². The summed E-state index contributed by atoms with van der Waals surface area (Å²) in [6.07, 6.45) is 9.64. The van der Waals surface area contributed by atoms with E-state index in [1.165, 1.54) is 12.8 Å². The third-order valence-electron chi connectivity index (χ3n) is 6.47. The molecule has 1 N–H and O–H groups in total. The van der Waals surface area contributed by atoms with Crippen molar-refractivity contribution in [3.05, 3.63) is 0 Å². The highest BCUT2D eigenvalue weighted by molar-refractivity contribution is 5.77. The van der Waals surface area contributed by atoms with Crippen molar-refractivity contribution in [2.75, 3.05) is 32.7 Å². The van der Waals surface area contributed by atoms with Gasteiger partial charge in [0.1, 0.15) is 0 Å². The molecule has 25 heavy (non-hydrogen) atoms. The number of nitrogens with zero attached hydrogens (tertiary/aromatic N) is 3. The lowest BCUT2D eigenvalue weighted by atomic mass is 9.99. The third kappa shape index (κ3) is 4.10. The van der Waals surface area contributed by atoms with Gasteiger partial charge in [-0.3, -0.25) is 4.79 Å². The van der Waals surface area contributed by atoms with Gasteiger partial charge < -0.3 is 20.0 Å². The fraction of sp³-hybridized carbons (Fsp3) is 0.895. The summed E-state index contributed by atoms with van der Waals surface area (Å²) < 4.78 is 0. The van der Waals surface area contributed by atoms with E-state index < -0.39 is 0 Å². The van der Waals surface area contributed by atoms with Crippen molar-refractivity contribution in [3.63, 3.8) is 0 Å². The molecule has 6 heteroatoms. The summed E-state index contributed by atoms with van der Waals surface area (Å²) in [6, 6.07) is 1.63. The maximum absolute atomic E-state index is 12.6. The Balaban J connectivity index is 1.19. The van der Waals surface area contributed by atoms with E-state index >= 15 is 0 Å². The molecule has 140 valence electrons. The van der Waals surface area contributed by atoms with E-state index in [2.05, 4.69) is 15.1 Å². The molecule has 3 amide bonds. The Morgan fingerprint density at radius 2 is 1.56 bits per heavy atom. The van der Waals surface area contributed by atoms with E-state index in [0.29, 0.717) is 24.4 Å². The van der Waals surface area contributed by atoms with Crippen LogP contribution in [0.15, 0.2) is 0 Å². The van der Waals surface area contributed by atoms with E-state index in [0.717, 1.165) is 77.3 Å². The van der Waals surface area contributed by atoms with Gasteiger partial charge in [-0.1, -0.05) is 0 Å². The van der Waals surface area contributed by atoms with Crippen LogP contribution in [0.2, 0.25) is 0 Å². The Morgan fingerprint density at radius 1 is 0.840 bits per heavy atom. The summed E-state index contributed by atoms with van der Waals surface area (Å²) >= 11 is 0. The molecule has 0 aromatic heterocycles. The van der Waals surface area contributed by atoms with Crippen LogP contribution in [-0.2, 0) is 4.79 Å². The van der Waals surface area contributed by atoms with Crippen LogP contribution >= 0.6 is 0 Å². The molecule has 3 saturated heterocycles. The lowest BCUT2D eigenvalue weighted by Crippen LogP contribution is -2.54. The predicted molar refractivity (Wildman–Crippen MR) is 96.3 cm³/mol. The highest BCUT2D eigenvalue weighted by Crippen LogP contribution is 2.29. The fourth-order valence-corrected chi connectivity index (χ4v) is 4.71. The van der Waals surface area contributed by atoms with Crippen molar-refractivity contribution in [1.29, 1.82) is 0 Å². The van der Waals surface area contributed by atoms with Gasteiger partial charge in [-0.2, -0.15) is 0 Å². The molecule has 4 rings (SSSR count). The molecule has 1 aliphatic carbocycles. The molecule has 6 nitrogen and oxygen atoms in total. The summed E-state index contributed by atoms with van der Waals surface area (Å²) in [5, 5.41) is 3.25. The van der Waals surface area contributed by atoms with Crippen LogP contribution in [0.1, 0.15) is 57.8 Å². The van der Waals surface area contributed by atoms with Gasteiger partial charge in [0, 0.05) is 57.3 Å². The molecular formula is C19H32N4O2. The smallest absolute Gasteiger partial charge is 0.317 e. The van der Waals surface area contributed by atoms with E-state index in [-0.39, 0.29) is 6.03 Å². The highest BCUT2D eigenvalue weighted by Gasteiger charge is 2.34. The second-order valence-electron chi connectivity index (χ2n) is 8.25. The zero-order valence-electron chi connectivity index (χ0n) is 15.3. The number of hydrogen-bond donors (Lipinski definition) is 1. The van der Waals surface area contributed by atoms with Crippen molar-refractivity contribution in [1.82, 2.24) is 20.0 Å². The molecule has 3 aliphatic heterocycles. The maximum Gasteiger partial charge on any atom is 0.317 e. The van der Waals surface area contributed by atoms with Crippen LogP contribution in [0.5, 0.6) is 0 Å². The molecule has 1 saturated carbocycles. The summed E-state index contributed by atoms with van der Waals surface area (Å²) in [6.45, 7) is 4.74. The Morgan fingerprint density at radius 3 is 2.20 bits per heavy atom. The number of carbonyl (C=O) groups is 2. The third-order valence-corrected chi connectivity index (χ3v) is 6.47. The monoisotopic (exact) mass is 348 g/mol. The van der Waals surface area contributed by atoms with E-state index in [1.54, 1.807) is 0 Å². The number of carbonyl (C=O) groups excluding carboxylic acids is 2. The SMILES string of the molecule is O=C(NC1CCN(C2CC2)CC1)N1CCC(N2CCCCC2=O)CC1. The zero-order chi connectivity index (χ0) is 17.2. The minimum Gasteiger partial charge on any atom is -0.340 e. The van der Waals surface area contributed by atoms with Gasteiger partial charge in [-0.25, -0.2) is 4.79 Å². The molecule has 4 fully saturated rings. The lowest BCUT2D eigenvalue weighted by Gasteiger charge is -2.41. The van der Waals surface area contributed by atoms with Crippen LogP contribution in [0.4, 0.5) is 4.79 Å². The van der Waals surface area contributed by atoms with Crippen LogP contribution in [0.3, 0.4) is 0 Å². The van der Waals surface area contributed by atoms with Crippen LogP contribution in [0, 0.1) is 0 Å². The number of likely N-dealkylation sites (tertiary alicyclic amines) is 3. The molecule has 0 radical (unpaired) electrons. The highest BCUT2D eigenvalue weighted by atomic mass is 16.2. The Labute approximate surface area is 150 Å². The summed E-state index contributed by atoms with van der Waals surface area (Å²) in [5.41, 5.74) is 0. The second kappa shape index (κ2) is 7.52. The van der Waals surface area contributed by atoms with Crippen molar-refractivity contribution in [2.24, 2.45) is 0 Å². The number of hydrogen-bond acceptors (Lipinski definition) is 3. The number of piperidine rings is 3. The quantitative estimate of drug-likeness (QED) is 0.846. The number of urea groups is 1. The molecule has 4 aliphatic rings.